The SMILES string of the molecule is CC(C)N1CCC(NC(=O)Cn2cc(-c3ccc(C4CCCN4)cc3)nn2)CC1. The van der Waals surface area contributed by atoms with E-state index in [9.17, 15) is 4.79 Å². The van der Waals surface area contributed by atoms with Crippen molar-refractivity contribution in [1.29, 1.82) is 0 Å². The van der Waals surface area contributed by atoms with Crippen molar-refractivity contribution < 1.29 is 4.79 Å². The summed E-state index contributed by atoms with van der Waals surface area (Å²) in [4.78, 5) is 14.9. The number of carbonyl (C=O) groups is 1. The molecular weight excluding hydrogens is 364 g/mol. The highest BCUT2D eigenvalue weighted by Crippen LogP contribution is 2.25. The van der Waals surface area contributed by atoms with E-state index in [0.717, 1.165) is 43.7 Å². The third kappa shape index (κ3) is 5.03. The van der Waals surface area contributed by atoms with Gasteiger partial charge in [-0.1, -0.05) is 29.5 Å². The van der Waals surface area contributed by atoms with Gasteiger partial charge in [-0.3, -0.25) is 4.79 Å². The zero-order chi connectivity index (χ0) is 20.2. The van der Waals surface area contributed by atoms with E-state index in [0.29, 0.717) is 12.1 Å². The van der Waals surface area contributed by atoms with Gasteiger partial charge in [0, 0.05) is 36.8 Å². The number of hydrogen-bond donors (Lipinski definition) is 2. The number of piperidine rings is 1. The lowest BCUT2D eigenvalue weighted by molar-refractivity contribution is -0.122. The first-order chi connectivity index (χ1) is 14.1. The van der Waals surface area contributed by atoms with Gasteiger partial charge >= 0.3 is 0 Å². The summed E-state index contributed by atoms with van der Waals surface area (Å²) in [5.74, 6) is 0.00658. The molecule has 0 aliphatic carbocycles. The molecule has 29 heavy (non-hydrogen) atoms. The number of benzene rings is 1. The van der Waals surface area contributed by atoms with Crippen LogP contribution in [0, 0.1) is 0 Å². The summed E-state index contributed by atoms with van der Waals surface area (Å²) in [6.07, 6.45) is 6.30. The van der Waals surface area contributed by atoms with Crippen LogP contribution in [0.1, 0.15) is 51.1 Å². The third-order valence-corrected chi connectivity index (χ3v) is 6.14. The molecule has 2 N–H and O–H groups in total. The van der Waals surface area contributed by atoms with E-state index in [2.05, 4.69) is 64.0 Å². The minimum Gasteiger partial charge on any atom is -0.352 e. The number of aromatic nitrogens is 3. The van der Waals surface area contributed by atoms with Crippen LogP contribution < -0.4 is 10.6 Å². The highest BCUT2D eigenvalue weighted by atomic mass is 16.2. The van der Waals surface area contributed by atoms with Crippen LogP contribution in [0.2, 0.25) is 0 Å². The van der Waals surface area contributed by atoms with Gasteiger partial charge in [0.15, 0.2) is 0 Å². The summed E-state index contributed by atoms with van der Waals surface area (Å²) in [6.45, 7) is 7.84. The fraction of sp³-hybridized carbons (Fsp3) is 0.591. The first-order valence-electron chi connectivity index (χ1n) is 10.9. The fourth-order valence-electron chi connectivity index (χ4n) is 4.34. The Hall–Kier alpha value is -2.25. The highest BCUT2D eigenvalue weighted by Gasteiger charge is 2.22. The van der Waals surface area contributed by atoms with Crippen LogP contribution in [-0.2, 0) is 11.3 Å². The van der Waals surface area contributed by atoms with E-state index in [1.807, 2.05) is 6.20 Å². The van der Waals surface area contributed by atoms with E-state index in [-0.39, 0.29) is 18.5 Å². The van der Waals surface area contributed by atoms with E-state index < -0.39 is 0 Å². The molecule has 3 heterocycles. The molecule has 1 aromatic carbocycles. The van der Waals surface area contributed by atoms with E-state index in [1.165, 1.54) is 18.4 Å². The van der Waals surface area contributed by atoms with Crippen molar-refractivity contribution in [3.63, 3.8) is 0 Å². The molecule has 2 saturated heterocycles. The molecule has 1 unspecified atom stereocenters. The maximum absolute atomic E-state index is 12.4. The van der Waals surface area contributed by atoms with Gasteiger partial charge in [0.2, 0.25) is 5.91 Å². The lowest BCUT2D eigenvalue weighted by Crippen LogP contribution is -2.47. The molecular formula is C22H32N6O. The van der Waals surface area contributed by atoms with E-state index >= 15 is 0 Å². The molecule has 156 valence electrons. The molecule has 0 spiro atoms. The van der Waals surface area contributed by atoms with Gasteiger partial charge in [-0.05, 0) is 51.6 Å². The summed E-state index contributed by atoms with van der Waals surface area (Å²) >= 11 is 0. The number of hydrogen-bond acceptors (Lipinski definition) is 5. The Morgan fingerprint density at radius 2 is 1.97 bits per heavy atom. The average Bonchev–Trinajstić information content (AvgIpc) is 3.41. The standard InChI is InChI=1S/C22H32N6O/c1-16(2)27-12-9-19(10-13-27)24-22(29)15-28-14-21(25-26-28)18-7-5-17(6-8-18)20-4-3-11-23-20/h5-8,14,16,19-20,23H,3-4,9-13,15H2,1-2H3,(H,24,29). The minimum atomic E-state index is 0.00658. The van der Waals surface area contributed by atoms with Crippen LogP contribution in [0.3, 0.4) is 0 Å². The Bertz CT molecular complexity index is 801. The summed E-state index contributed by atoms with van der Waals surface area (Å²) in [6, 6.07) is 9.80. The van der Waals surface area contributed by atoms with Gasteiger partial charge in [-0.25, -0.2) is 4.68 Å². The van der Waals surface area contributed by atoms with Crippen molar-refractivity contribution in [2.45, 2.75) is 64.2 Å². The first-order valence-corrected chi connectivity index (χ1v) is 10.9. The van der Waals surface area contributed by atoms with Gasteiger partial charge in [-0.15, -0.1) is 5.10 Å². The van der Waals surface area contributed by atoms with E-state index in [1.54, 1.807) is 4.68 Å². The van der Waals surface area contributed by atoms with Crippen molar-refractivity contribution in [2.24, 2.45) is 0 Å². The van der Waals surface area contributed by atoms with E-state index in [4.69, 9.17) is 0 Å². The summed E-state index contributed by atoms with van der Waals surface area (Å²) in [7, 11) is 0. The number of nitrogens with zero attached hydrogens (tertiary/aromatic N) is 4. The van der Waals surface area contributed by atoms with Gasteiger partial charge in [0.1, 0.15) is 12.2 Å². The molecule has 2 fully saturated rings. The number of rotatable bonds is 6. The summed E-state index contributed by atoms with van der Waals surface area (Å²) in [5, 5.41) is 15.1. The Balaban J connectivity index is 1.29. The van der Waals surface area contributed by atoms with Gasteiger partial charge in [0.05, 0.1) is 6.20 Å². The van der Waals surface area contributed by atoms with Crippen LogP contribution in [0.15, 0.2) is 30.5 Å². The molecule has 1 amide bonds. The number of amides is 1. The predicted octanol–water partition coefficient (Wildman–Crippen LogP) is 2.36. The largest absolute Gasteiger partial charge is 0.352 e. The Morgan fingerprint density at radius 3 is 2.62 bits per heavy atom. The number of carbonyl (C=O) groups excluding carboxylic acids is 1. The van der Waals surface area contributed by atoms with Crippen molar-refractivity contribution in [1.82, 2.24) is 30.5 Å². The van der Waals surface area contributed by atoms with Crippen molar-refractivity contribution >= 4 is 5.91 Å². The molecule has 2 aliphatic rings. The van der Waals surface area contributed by atoms with Crippen LogP contribution in [0.5, 0.6) is 0 Å². The molecule has 7 nitrogen and oxygen atoms in total. The zero-order valence-electron chi connectivity index (χ0n) is 17.5. The normalized spacial score (nSPS) is 21.0. The topological polar surface area (TPSA) is 75.1 Å². The quantitative estimate of drug-likeness (QED) is 0.784. The molecule has 0 saturated carbocycles. The average molecular weight is 397 g/mol. The molecule has 2 aliphatic heterocycles. The number of nitrogens with one attached hydrogen (secondary N) is 2. The number of likely N-dealkylation sites (tertiary alicyclic amines) is 1. The predicted molar refractivity (Wildman–Crippen MR) is 113 cm³/mol. The van der Waals surface area contributed by atoms with Crippen LogP contribution in [0.25, 0.3) is 11.3 Å². The van der Waals surface area contributed by atoms with Gasteiger partial charge in [0.25, 0.3) is 0 Å². The smallest absolute Gasteiger partial charge is 0.242 e. The maximum atomic E-state index is 12.4. The summed E-state index contributed by atoms with van der Waals surface area (Å²) in [5.41, 5.74) is 3.15. The fourth-order valence-corrected chi connectivity index (χ4v) is 4.34. The molecule has 2 aromatic rings. The lowest BCUT2D eigenvalue weighted by atomic mass is 10.0. The van der Waals surface area contributed by atoms with Gasteiger partial charge in [-0.2, -0.15) is 0 Å². The van der Waals surface area contributed by atoms with Crippen LogP contribution in [-0.4, -0.2) is 57.5 Å². The van der Waals surface area contributed by atoms with Crippen molar-refractivity contribution in [2.75, 3.05) is 19.6 Å². The Labute approximate surface area is 172 Å². The molecule has 1 atom stereocenters. The van der Waals surface area contributed by atoms with Crippen molar-refractivity contribution in [3.8, 4) is 11.3 Å². The van der Waals surface area contributed by atoms with Gasteiger partial charge < -0.3 is 15.5 Å². The van der Waals surface area contributed by atoms with Crippen LogP contribution >= 0.6 is 0 Å². The Kier molecular flexibility index (Phi) is 6.25. The molecule has 1 aromatic heterocycles. The zero-order valence-corrected chi connectivity index (χ0v) is 17.5. The molecule has 7 heteroatoms. The monoisotopic (exact) mass is 396 g/mol. The highest BCUT2D eigenvalue weighted by molar-refractivity contribution is 5.76. The second kappa shape index (κ2) is 9.05. The maximum Gasteiger partial charge on any atom is 0.242 e. The Morgan fingerprint density at radius 1 is 1.21 bits per heavy atom. The third-order valence-electron chi connectivity index (χ3n) is 6.14. The molecule has 0 bridgehead atoms. The summed E-state index contributed by atoms with van der Waals surface area (Å²) < 4.78 is 1.63. The second-order valence-electron chi connectivity index (χ2n) is 8.54. The molecule has 4 rings (SSSR count). The minimum absolute atomic E-state index is 0.00658. The second-order valence-corrected chi connectivity index (χ2v) is 8.54. The first kappa shape index (κ1) is 20.0. The van der Waals surface area contributed by atoms with Crippen LogP contribution in [0.4, 0.5) is 0 Å². The lowest BCUT2D eigenvalue weighted by Gasteiger charge is -2.34. The van der Waals surface area contributed by atoms with Crippen molar-refractivity contribution in [3.05, 3.63) is 36.0 Å². The molecule has 0 radical (unpaired) electrons.